The molecule has 2 aromatic heterocycles. The predicted octanol–water partition coefficient (Wildman–Crippen LogP) is 13.6. The molecule has 0 aliphatic heterocycles. The highest BCUT2D eigenvalue weighted by Gasteiger charge is 2.24. The summed E-state index contributed by atoms with van der Waals surface area (Å²) in [6.45, 7) is 6.71. The third-order valence-electron chi connectivity index (χ3n) is 9.64. The molecule has 0 spiro atoms. The number of benzene rings is 7. The van der Waals surface area contributed by atoms with Crippen molar-refractivity contribution < 1.29 is 8.83 Å². The van der Waals surface area contributed by atoms with Crippen LogP contribution in [0, 0.1) is 0 Å². The van der Waals surface area contributed by atoms with Crippen molar-refractivity contribution in [2.24, 2.45) is 0 Å². The van der Waals surface area contributed by atoms with Crippen LogP contribution in [0.4, 0.5) is 17.1 Å². The van der Waals surface area contributed by atoms with E-state index in [2.05, 4.69) is 183 Å². The second-order valence-electron chi connectivity index (χ2n) is 13.8. The first-order valence-electron chi connectivity index (χ1n) is 16.8. The molecule has 0 aliphatic rings. The summed E-state index contributed by atoms with van der Waals surface area (Å²) in [4.78, 5) is 2.37. The summed E-state index contributed by atoms with van der Waals surface area (Å²) in [7, 11) is 0. The molecule has 3 heteroatoms. The Hall–Kier alpha value is -6.06. The maximum atomic E-state index is 6.59. The van der Waals surface area contributed by atoms with E-state index in [1.54, 1.807) is 0 Å². The molecule has 0 radical (unpaired) electrons. The first-order chi connectivity index (χ1) is 23.9. The standard InChI is InChI=1S/C46H35NO2/c1-46(2,3)34-23-26-36-43(29-34)49-41-18-10-16-38(44(36)41)47(35-24-20-32(21-25-35)30-12-6-4-7-13-30)39-17-11-19-42-45(39)37-28-33(22-27-40(37)48-42)31-14-8-5-9-15-31/h4-29H,1-3H3. The van der Waals surface area contributed by atoms with Crippen molar-refractivity contribution >= 4 is 60.9 Å². The van der Waals surface area contributed by atoms with Gasteiger partial charge in [0.25, 0.3) is 0 Å². The SMILES string of the molecule is CC(C)(C)c1ccc2c(c1)oc1cccc(N(c3ccc(-c4ccccc4)cc3)c3cccc4oc5ccc(-c6ccccc6)cc5c34)c12. The van der Waals surface area contributed by atoms with Gasteiger partial charge in [-0.05, 0) is 87.8 Å². The van der Waals surface area contributed by atoms with Crippen molar-refractivity contribution in [3.63, 3.8) is 0 Å². The molecule has 0 atom stereocenters. The van der Waals surface area contributed by atoms with Crippen LogP contribution in [0.1, 0.15) is 26.3 Å². The van der Waals surface area contributed by atoms with Gasteiger partial charge in [-0.3, -0.25) is 0 Å². The average molecular weight is 634 g/mol. The van der Waals surface area contributed by atoms with Crippen molar-refractivity contribution in [3.8, 4) is 22.3 Å². The highest BCUT2D eigenvalue weighted by molar-refractivity contribution is 6.18. The van der Waals surface area contributed by atoms with Crippen LogP contribution in [-0.2, 0) is 5.41 Å². The monoisotopic (exact) mass is 633 g/mol. The largest absolute Gasteiger partial charge is 0.456 e. The van der Waals surface area contributed by atoms with Gasteiger partial charge in [0.1, 0.15) is 22.3 Å². The van der Waals surface area contributed by atoms with E-state index >= 15 is 0 Å². The quantitative estimate of drug-likeness (QED) is 0.189. The highest BCUT2D eigenvalue weighted by Crippen LogP contribution is 2.47. The first-order valence-corrected chi connectivity index (χ1v) is 16.8. The van der Waals surface area contributed by atoms with E-state index in [0.29, 0.717) is 0 Å². The van der Waals surface area contributed by atoms with Gasteiger partial charge in [0.2, 0.25) is 0 Å². The van der Waals surface area contributed by atoms with Crippen molar-refractivity contribution in [1.29, 1.82) is 0 Å². The van der Waals surface area contributed by atoms with E-state index in [1.165, 1.54) is 22.3 Å². The Bertz CT molecular complexity index is 2620. The molecular formula is C46H35NO2. The van der Waals surface area contributed by atoms with E-state index in [9.17, 15) is 0 Å². The second-order valence-corrected chi connectivity index (χ2v) is 13.8. The average Bonchev–Trinajstić information content (AvgIpc) is 3.71. The first kappa shape index (κ1) is 29.1. The molecular weight excluding hydrogens is 599 g/mol. The van der Waals surface area contributed by atoms with Crippen molar-refractivity contribution in [2.45, 2.75) is 26.2 Å². The van der Waals surface area contributed by atoms with Crippen LogP contribution >= 0.6 is 0 Å². The lowest BCUT2D eigenvalue weighted by Gasteiger charge is -2.27. The Labute approximate surface area is 285 Å². The maximum Gasteiger partial charge on any atom is 0.137 e. The van der Waals surface area contributed by atoms with Crippen LogP contribution in [-0.4, -0.2) is 0 Å². The number of fused-ring (bicyclic) bond motifs is 6. The Morgan fingerprint density at radius 2 is 0.959 bits per heavy atom. The van der Waals surface area contributed by atoms with Gasteiger partial charge >= 0.3 is 0 Å². The van der Waals surface area contributed by atoms with E-state index in [0.717, 1.165) is 66.5 Å². The summed E-state index contributed by atoms with van der Waals surface area (Å²) in [6, 6.07) is 55.8. The Morgan fingerprint density at radius 1 is 0.408 bits per heavy atom. The van der Waals surface area contributed by atoms with Crippen molar-refractivity contribution in [3.05, 3.63) is 163 Å². The fourth-order valence-electron chi connectivity index (χ4n) is 7.11. The summed E-state index contributed by atoms with van der Waals surface area (Å²) >= 11 is 0. The minimum atomic E-state index is 0.0130. The van der Waals surface area contributed by atoms with Gasteiger partial charge in [0, 0.05) is 16.5 Å². The topological polar surface area (TPSA) is 29.5 Å². The second kappa shape index (κ2) is 11.3. The number of furan rings is 2. The molecule has 0 saturated heterocycles. The van der Waals surface area contributed by atoms with Crippen molar-refractivity contribution in [2.75, 3.05) is 4.90 Å². The molecule has 7 aromatic carbocycles. The molecule has 0 aliphatic carbocycles. The number of hydrogen-bond donors (Lipinski definition) is 0. The summed E-state index contributed by atoms with van der Waals surface area (Å²) < 4.78 is 13.1. The van der Waals surface area contributed by atoms with Gasteiger partial charge in [0.05, 0.1) is 22.1 Å². The van der Waals surface area contributed by atoms with Gasteiger partial charge in [-0.15, -0.1) is 0 Å². The molecule has 0 N–H and O–H groups in total. The molecule has 3 nitrogen and oxygen atoms in total. The van der Waals surface area contributed by atoms with E-state index in [-0.39, 0.29) is 5.41 Å². The minimum Gasteiger partial charge on any atom is -0.456 e. The van der Waals surface area contributed by atoms with Crippen LogP contribution in [0.15, 0.2) is 167 Å². The molecule has 2 heterocycles. The van der Waals surface area contributed by atoms with Crippen LogP contribution in [0.3, 0.4) is 0 Å². The molecule has 9 aromatic rings. The van der Waals surface area contributed by atoms with Gasteiger partial charge in [-0.25, -0.2) is 0 Å². The third kappa shape index (κ3) is 4.98. The molecule has 0 saturated carbocycles. The van der Waals surface area contributed by atoms with Gasteiger partial charge < -0.3 is 13.7 Å². The fourth-order valence-corrected chi connectivity index (χ4v) is 7.11. The van der Waals surface area contributed by atoms with Gasteiger partial charge in [0.15, 0.2) is 0 Å². The fraction of sp³-hybridized carbons (Fsp3) is 0.0870. The lowest BCUT2D eigenvalue weighted by Crippen LogP contribution is -2.11. The highest BCUT2D eigenvalue weighted by atomic mass is 16.3. The van der Waals surface area contributed by atoms with E-state index in [4.69, 9.17) is 8.83 Å². The molecule has 49 heavy (non-hydrogen) atoms. The maximum absolute atomic E-state index is 6.59. The zero-order valence-electron chi connectivity index (χ0n) is 27.8. The molecule has 236 valence electrons. The van der Waals surface area contributed by atoms with Crippen LogP contribution in [0.25, 0.3) is 66.1 Å². The summed E-state index contributed by atoms with van der Waals surface area (Å²) in [5, 5.41) is 4.33. The molecule has 0 bridgehead atoms. The van der Waals surface area contributed by atoms with E-state index in [1.807, 2.05) is 0 Å². The molecule has 0 fully saturated rings. The summed E-state index contributed by atoms with van der Waals surface area (Å²) in [6.07, 6.45) is 0. The molecule has 9 rings (SSSR count). The Balaban J connectivity index is 1.32. The van der Waals surface area contributed by atoms with Crippen molar-refractivity contribution in [1.82, 2.24) is 0 Å². The molecule has 0 unspecified atom stereocenters. The zero-order valence-corrected chi connectivity index (χ0v) is 27.8. The lowest BCUT2D eigenvalue weighted by atomic mass is 9.86. The number of hydrogen-bond acceptors (Lipinski definition) is 3. The number of rotatable bonds is 5. The summed E-state index contributed by atoms with van der Waals surface area (Å²) in [5.74, 6) is 0. The normalized spacial score (nSPS) is 12.0. The van der Waals surface area contributed by atoms with Gasteiger partial charge in [-0.2, -0.15) is 0 Å². The Kier molecular flexibility index (Phi) is 6.70. The number of anilines is 3. The van der Waals surface area contributed by atoms with Crippen LogP contribution < -0.4 is 4.90 Å². The number of nitrogens with zero attached hydrogens (tertiary/aromatic N) is 1. The molecule has 0 amide bonds. The summed E-state index contributed by atoms with van der Waals surface area (Å²) in [5.41, 5.74) is 12.6. The van der Waals surface area contributed by atoms with E-state index < -0.39 is 0 Å². The van der Waals surface area contributed by atoms with Crippen LogP contribution in [0.5, 0.6) is 0 Å². The third-order valence-corrected chi connectivity index (χ3v) is 9.64. The minimum absolute atomic E-state index is 0.0130. The van der Waals surface area contributed by atoms with Gasteiger partial charge in [-0.1, -0.05) is 124 Å². The zero-order chi connectivity index (χ0) is 33.1. The Morgan fingerprint density at radius 3 is 1.59 bits per heavy atom. The smallest absolute Gasteiger partial charge is 0.137 e. The van der Waals surface area contributed by atoms with Crippen LogP contribution in [0.2, 0.25) is 0 Å². The predicted molar refractivity (Wildman–Crippen MR) is 205 cm³/mol. The lowest BCUT2D eigenvalue weighted by molar-refractivity contribution is 0.587.